The van der Waals surface area contributed by atoms with Crippen molar-refractivity contribution in [3.8, 4) is 5.75 Å². The van der Waals surface area contributed by atoms with Crippen LogP contribution < -0.4 is 20.7 Å². The summed E-state index contributed by atoms with van der Waals surface area (Å²) in [6.07, 6.45) is 7.37. The van der Waals surface area contributed by atoms with Gasteiger partial charge in [0.05, 0.1) is 12.8 Å². The van der Waals surface area contributed by atoms with E-state index in [-0.39, 0.29) is 10.9 Å². The number of unbranched alkanes of at least 4 members (excludes halogenated alkanes) is 2. The van der Waals surface area contributed by atoms with Crippen LogP contribution in [0.25, 0.3) is 0 Å². The Hall–Kier alpha value is -2.64. The SMILES string of the molecule is CCCCC(CCCCC(=O)c1ccc(OC)c(NC(N)=S)c1)N1CCN(c2ccccc2)CC1. The Morgan fingerprint density at radius 2 is 1.77 bits per heavy atom. The number of Topliss-reactive ketones (excluding diaryl/α,β-unsaturated/α-hetero) is 1. The molecule has 0 amide bonds. The van der Waals surface area contributed by atoms with Crippen molar-refractivity contribution < 1.29 is 9.53 Å². The number of benzene rings is 2. The quantitative estimate of drug-likeness (QED) is 0.216. The third kappa shape index (κ3) is 8.22. The second-order valence-corrected chi connectivity index (χ2v) is 9.67. The molecule has 7 heteroatoms. The van der Waals surface area contributed by atoms with E-state index in [2.05, 4.69) is 52.4 Å². The van der Waals surface area contributed by atoms with E-state index in [1.807, 2.05) is 6.07 Å². The van der Waals surface area contributed by atoms with E-state index < -0.39 is 0 Å². The molecule has 1 heterocycles. The van der Waals surface area contributed by atoms with Crippen molar-refractivity contribution in [3.05, 3.63) is 54.1 Å². The van der Waals surface area contributed by atoms with Crippen LogP contribution in [-0.2, 0) is 0 Å². The van der Waals surface area contributed by atoms with Crippen LogP contribution in [0.2, 0.25) is 0 Å². The molecular weight excluding hydrogens is 456 g/mol. The maximum atomic E-state index is 12.8. The number of para-hydroxylation sites is 1. The molecule has 3 N–H and O–H groups in total. The number of anilines is 2. The van der Waals surface area contributed by atoms with Gasteiger partial charge in [0, 0.05) is 49.9 Å². The zero-order valence-electron chi connectivity index (χ0n) is 21.2. The third-order valence-corrected chi connectivity index (χ3v) is 6.92. The number of rotatable bonds is 13. The summed E-state index contributed by atoms with van der Waals surface area (Å²) in [6, 6.07) is 16.7. The van der Waals surface area contributed by atoms with Gasteiger partial charge in [-0.15, -0.1) is 0 Å². The predicted molar refractivity (Wildman–Crippen MR) is 150 cm³/mol. The van der Waals surface area contributed by atoms with Gasteiger partial charge in [-0.3, -0.25) is 9.69 Å². The molecule has 1 aliphatic heterocycles. The van der Waals surface area contributed by atoms with Crippen molar-refractivity contribution in [1.82, 2.24) is 4.90 Å². The smallest absolute Gasteiger partial charge is 0.168 e. The number of nitrogens with zero attached hydrogens (tertiary/aromatic N) is 2. The van der Waals surface area contributed by atoms with E-state index in [9.17, 15) is 4.79 Å². The largest absolute Gasteiger partial charge is 0.495 e. The molecule has 1 aliphatic rings. The molecule has 0 saturated carbocycles. The molecule has 0 aromatic heterocycles. The monoisotopic (exact) mass is 496 g/mol. The fourth-order valence-electron chi connectivity index (χ4n) is 4.86. The highest BCUT2D eigenvalue weighted by molar-refractivity contribution is 7.80. The Balaban J connectivity index is 1.48. The maximum Gasteiger partial charge on any atom is 0.168 e. The lowest BCUT2D eigenvalue weighted by Crippen LogP contribution is -2.50. The molecule has 3 rings (SSSR count). The van der Waals surface area contributed by atoms with Gasteiger partial charge < -0.3 is 20.7 Å². The number of carbonyl (C=O) groups excluding carboxylic acids is 1. The van der Waals surface area contributed by atoms with Crippen LogP contribution in [0.5, 0.6) is 5.75 Å². The summed E-state index contributed by atoms with van der Waals surface area (Å²) < 4.78 is 5.33. The van der Waals surface area contributed by atoms with Crippen LogP contribution in [0.3, 0.4) is 0 Å². The molecule has 2 aromatic carbocycles. The molecule has 35 heavy (non-hydrogen) atoms. The number of piperazine rings is 1. The predicted octanol–water partition coefficient (Wildman–Crippen LogP) is 5.47. The average molecular weight is 497 g/mol. The summed E-state index contributed by atoms with van der Waals surface area (Å²) in [5, 5.41) is 3.04. The summed E-state index contributed by atoms with van der Waals surface area (Å²) in [7, 11) is 1.58. The topological polar surface area (TPSA) is 70.8 Å². The molecule has 0 bridgehead atoms. The van der Waals surface area contributed by atoms with Gasteiger partial charge in [0.15, 0.2) is 10.9 Å². The molecule has 1 unspecified atom stereocenters. The lowest BCUT2D eigenvalue weighted by Gasteiger charge is -2.40. The molecule has 0 aliphatic carbocycles. The van der Waals surface area contributed by atoms with Crippen LogP contribution >= 0.6 is 12.2 Å². The summed E-state index contributed by atoms with van der Waals surface area (Å²) in [4.78, 5) is 18.0. The Bertz CT molecular complexity index is 945. The van der Waals surface area contributed by atoms with E-state index in [0.29, 0.717) is 29.5 Å². The first kappa shape index (κ1) is 27.0. The lowest BCUT2D eigenvalue weighted by atomic mass is 9.98. The van der Waals surface area contributed by atoms with Gasteiger partial charge in [-0.2, -0.15) is 0 Å². The Labute approximate surface area is 215 Å². The van der Waals surface area contributed by atoms with E-state index >= 15 is 0 Å². The normalized spacial score (nSPS) is 15.0. The summed E-state index contributed by atoms with van der Waals surface area (Å²) in [5.74, 6) is 0.751. The van der Waals surface area contributed by atoms with Crippen LogP contribution in [-0.4, -0.2) is 55.1 Å². The van der Waals surface area contributed by atoms with Crippen molar-refractivity contribution in [2.75, 3.05) is 43.5 Å². The van der Waals surface area contributed by atoms with Crippen LogP contribution in [0, 0.1) is 0 Å². The second kappa shape index (κ2) is 14.0. The van der Waals surface area contributed by atoms with Gasteiger partial charge in [-0.25, -0.2) is 0 Å². The van der Waals surface area contributed by atoms with Gasteiger partial charge in [0.25, 0.3) is 0 Å². The molecule has 6 nitrogen and oxygen atoms in total. The second-order valence-electron chi connectivity index (χ2n) is 9.23. The van der Waals surface area contributed by atoms with Crippen molar-refractivity contribution in [1.29, 1.82) is 0 Å². The number of hydrogen-bond donors (Lipinski definition) is 2. The van der Waals surface area contributed by atoms with Gasteiger partial charge in [-0.1, -0.05) is 44.4 Å². The number of carbonyl (C=O) groups is 1. The standard InChI is InChI=1S/C28H40N4O2S/c1-3-4-10-23(31-17-19-32(20-18-31)24-11-6-5-7-12-24)13-8-9-14-26(33)22-15-16-27(34-2)25(21-22)30-28(29)35/h5-7,11-12,15-16,21,23H,3-4,8-10,13-14,17-20H2,1-2H3,(H3,29,30,35). The minimum Gasteiger partial charge on any atom is -0.495 e. The zero-order valence-corrected chi connectivity index (χ0v) is 22.0. The Kier molecular flexibility index (Phi) is 10.8. The highest BCUT2D eigenvalue weighted by Gasteiger charge is 2.23. The number of nitrogens with one attached hydrogen (secondary N) is 1. The van der Waals surface area contributed by atoms with E-state index in [1.54, 1.807) is 19.2 Å². The van der Waals surface area contributed by atoms with Crippen molar-refractivity contribution in [2.24, 2.45) is 5.73 Å². The molecule has 190 valence electrons. The molecular formula is C28H40N4O2S. The highest BCUT2D eigenvalue weighted by Crippen LogP contribution is 2.27. The van der Waals surface area contributed by atoms with Crippen LogP contribution in [0.4, 0.5) is 11.4 Å². The summed E-state index contributed by atoms with van der Waals surface area (Å²) in [5.41, 5.74) is 8.21. The maximum absolute atomic E-state index is 12.8. The molecule has 1 saturated heterocycles. The molecule has 1 fully saturated rings. The number of thiocarbonyl (C=S) groups is 1. The first-order valence-corrected chi connectivity index (χ1v) is 13.2. The van der Waals surface area contributed by atoms with Gasteiger partial charge >= 0.3 is 0 Å². The highest BCUT2D eigenvalue weighted by atomic mass is 32.1. The summed E-state index contributed by atoms with van der Waals surface area (Å²) in [6.45, 7) is 6.62. The number of nitrogens with two attached hydrogens (primary N) is 1. The third-order valence-electron chi connectivity index (χ3n) is 6.81. The molecule has 0 radical (unpaired) electrons. The van der Waals surface area contributed by atoms with Crippen LogP contribution in [0.1, 0.15) is 62.2 Å². The number of methoxy groups -OCH3 is 1. The Morgan fingerprint density at radius 3 is 2.43 bits per heavy atom. The number of hydrogen-bond acceptors (Lipinski definition) is 5. The number of ether oxygens (including phenoxy) is 1. The molecule has 0 spiro atoms. The first-order chi connectivity index (χ1) is 17.0. The number of ketones is 1. The fourth-order valence-corrected chi connectivity index (χ4v) is 4.96. The van der Waals surface area contributed by atoms with Crippen molar-refractivity contribution in [3.63, 3.8) is 0 Å². The van der Waals surface area contributed by atoms with E-state index in [0.717, 1.165) is 45.4 Å². The average Bonchev–Trinajstić information content (AvgIpc) is 2.88. The minimum atomic E-state index is 0.139. The van der Waals surface area contributed by atoms with Gasteiger partial charge in [-0.05, 0) is 61.8 Å². The first-order valence-electron chi connectivity index (χ1n) is 12.8. The zero-order chi connectivity index (χ0) is 25.0. The fraction of sp³-hybridized carbons (Fsp3) is 0.500. The molecule has 1 atom stereocenters. The van der Waals surface area contributed by atoms with Gasteiger partial charge in [0.1, 0.15) is 5.75 Å². The molecule has 2 aromatic rings. The minimum absolute atomic E-state index is 0.139. The Morgan fingerprint density at radius 1 is 1.06 bits per heavy atom. The van der Waals surface area contributed by atoms with Crippen molar-refractivity contribution in [2.45, 2.75) is 57.9 Å². The van der Waals surface area contributed by atoms with Gasteiger partial charge in [0.2, 0.25) is 0 Å². The lowest BCUT2D eigenvalue weighted by molar-refractivity contribution is 0.0976. The van der Waals surface area contributed by atoms with Crippen LogP contribution in [0.15, 0.2) is 48.5 Å². The van der Waals surface area contributed by atoms with E-state index in [1.165, 1.54) is 24.9 Å². The van der Waals surface area contributed by atoms with Crippen molar-refractivity contribution >= 4 is 34.5 Å². The summed E-state index contributed by atoms with van der Waals surface area (Å²) >= 11 is 4.94. The van der Waals surface area contributed by atoms with E-state index in [4.69, 9.17) is 22.7 Å².